The van der Waals surface area contributed by atoms with Crippen LogP contribution in [0.25, 0.3) is 0 Å². The summed E-state index contributed by atoms with van der Waals surface area (Å²) >= 11 is 0. The molecule has 98 valence electrons. The first-order valence-electron chi connectivity index (χ1n) is 6.33. The summed E-state index contributed by atoms with van der Waals surface area (Å²) in [4.78, 5) is 13.8. The maximum atomic E-state index is 12.1. The summed E-state index contributed by atoms with van der Waals surface area (Å²) in [6, 6.07) is 11.1. The first kappa shape index (κ1) is 14.7. The maximum Gasteiger partial charge on any atom is 0.240 e. The number of nitriles is 2. The minimum Gasteiger partial charge on any atom is -0.342 e. The number of amides is 1. The van der Waals surface area contributed by atoms with Crippen LogP contribution in [0.15, 0.2) is 24.3 Å². The minimum atomic E-state index is -0.659. The molecule has 1 unspecified atom stereocenters. The summed E-state index contributed by atoms with van der Waals surface area (Å²) in [5.41, 5.74) is 1.47. The van der Waals surface area contributed by atoms with E-state index >= 15 is 0 Å². The van der Waals surface area contributed by atoms with Gasteiger partial charge in [0.2, 0.25) is 5.91 Å². The predicted molar refractivity (Wildman–Crippen MR) is 71.9 cm³/mol. The van der Waals surface area contributed by atoms with Crippen LogP contribution in [-0.4, -0.2) is 23.9 Å². The number of hydrogen-bond acceptors (Lipinski definition) is 3. The minimum absolute atomic E-state index is 0.128. The van der Waals surface area contributed by atoms with Gasteiger partial charge in [0.25, 0.3) is 0 Å². The van der Waals surface area contributed by atoms with E-state index in [0.717, 1.165) is 5.56 Å². The van der Waals surface area contributed by atoms with Gasteiger partial charge in [-0.25, -0.2) is 0 Å². The van der Waals surface area contributed by atoms with Crippen molar-refractivity contribution < 1.29 is 4.79 Å². The van der Waals surface area contributed by atoms with Crippen molar-refractivity contribution in [2.75, 3.05) is 13.1 Å². The number of carbonyl (C=O) groups excluding carboxylic acids is 1. The number of carbonyl (C=O) groups is 1. The van der Waals surface area contributed by atoms with Crippen LogP contribution in [0, 0.1) is 28.6 Å². The number of nitrogens with zero attached hydrogens (tertiary/aromatic N) is 3. The van der Waals surface area contributed by atoms with E-state index in [-0.39, 0.29) is 5.91 Å². The monoisotopic (exact) mass is 255 g/mol. The molecule has 0 aliphatic heterocycles. The molecule has 0 radical (unpaired) electrons. The molecule has 4 heteroatoms. The highest BCUT2D eigenvalue weighted by atomic mass is 16.2. The largest absolute Gasteiger partial charge is 0.342 e. The third kappa shape index (κ3) is 3.82. The molecule has 0 bridgehead atoms. The molecule has 0 aromatic heterocycles. The Bertz CT molecular complexity index is 504. The Kier molecular flexibility index (Phi) is 5.57. The molecule has 0 N–H and O–H groups in total. The second kappa shape index (κ2) is 7.18. The van der Waals surface area contributed by atoms with Gasteiger partial charge in [-0.2, -0.15) is 10.5 Å². The van der Waals surface area contributed by atoms with Gasteiger partial charge in [0.15, 0.2) is 0 Å². The fraction of sp³-hybridized carbons (Fsp3) is 0.400. The van der Waals surface area contributed by atoms with E-state index in [0.29, 0.717) is 25.1 Å². The number of hydrogen-bond donors (Lipinski definition) is 0. The van der Waals surface area contributed by atoms with Crippen molar-refractivity contribution >= 4 is 5.91 Å². The molecule has 4 nitrogen and oxygen atoms in total. The van der Waals surface area contributed by atoms with Crippen molar-refractivity contribution in [3.8, 4) is 12.1 Å². The molecule has 0 saturated carbocycles. The van der Waals surface area contributed by atoms with E-state index in [4.69, 9.17) is 10.5 Å². The Hall–Kier alpha value is -2.33. The second-order valence-electron chi connectivity index (χ2n) is 4.21. The van der Waals surface area contributed by atoms with Crippen LogP contribution in [0.5, 0.6) is 0 Å². The first-order valence-corrected chi connectivity index (χ1v) is 6.33. The average molecular weight is 255 g/mol. The molecule has 1 aromatic rings. The summed E-state index contributed by atoms with van der Waals surface area (Å²) in [6.07, 6.45) is 0.386. The van der Waals surface area contributed by atoms with Crippen LogP contribution in [0.3, 0.4) is 0 Å². The van der Waals surface area contributed by atoms with Crippen LogP contribution in [-0.2, 0) is 11.2 Å². The summed E-state index contributed by atoms with van der Waals surface area (Å²) < 4.78 is 0. The van der Waals surface area contributed by atoms with E-state index < -0.39 is 5.92 Å². The fourth-order valence-electron chi connectivity index (χ4n) is 1.89. The molecule has 0 aliphatic carbocycles. The zero-order valence-corrected chi connectivity index (χ0v) is 11.3. The fourth-order valence-corrected chi connectivity index (χ4v) is 1.89. The molecule has 0 spiro atoms. The van der Waals surface area contributed by atoms with E-state index in [2.05, 4.69) is 6.07 Å². The zero-order valence-electron chi connectivity index (χ0n) is 11.3. The van der Waals surface area contributed by atoms with Gasteiger partial charge in [0.1, 0.15) is 5.92 Å². The van der Waals surface area contributed by atoms with Crippen molar-refractivity contribution in [2.45, 2.75) is 20.3 Å². The summed E-state index contributed by atoms with van der Waals surface area (Å²) in [7, 11) is 0. The van der Waals surface area contributed by atoms with E-state index in [9.17, 15) is 4.79 Å². The average Bonchev–Trinajstić information content (AvgIpc) is 2.46. The Morgan fingerprint density at radius 1 is 1.21 bits per heavy atom. The van der Waals surface area contributed by atoms with E-state index in [1.807, 2.05) is 19.9 Å². The zero-order chi connectivity index (χ0) is 14.3. The molecular formula is C15H17N3O. The van der Waals surface area contributed by atoms with Crippen LogP contribution in [0.4, 0.5) is 0 Å². The van der Waals surface area contributed by atoms with Crippen molar-refractivity contribution in [3.63, 3.8) is 0 Å². The Morgan fingerprint density at radius 2 is 1.79 bits per heavy atom. The number of benzene rings is 1. The lowest BCUT2D eigenvalue weighted by Gasteiger charge is -2.21. The molecule has 1 atom stereocenters. The molecule has 1 amide bonds. The highest BCUT2D eigenvalue weighted by Gasteiger charge is 2.22. The second-order valence-corrected chi connectivity index (χ2v) is 4.21. The molecule has 0 heterocycles. The standard InChI is InChI=1S/C15H17N3O/c1-3-18(4-2)15(19)14(11-17)9-12-5-7-13(10-16)8-6-12/h5-8,14H,3-4,9H2,1-2H3. The Balaban J connectivity index is 2.79. The van der Waals surface area contributed by atoms with Gasteiger partial charge < -0.3 is 4.90 Å². The predicted octanol–water partition coefficient (Wildman–Crippen LogP) is 2.11. The normalized spacial score (nSPS) is 11.2. The van der Waals surface area contributed by atoms with Gasteiger partial charge in [0.05, 0.1) is 17.7 Å². The van der Waals surface area contributed by atoms with Crippen LogP contribution in [0.2, 0.25) is 0 Å². The van der Waals surface area contributed by atoms with E-state index in [1.54, 1.807) is 29.2 Å². The van der Waals surface area contributed by atoms with Crippen LogP contribution in [0.1, 0.15) is 25.0 Å². The van der Waals surface area contributed by atoms with Gasteiger partial charge in [-0.3, -0.25) is 4.79 Å². The lowest BCUT2D eigenvalue weighted by Crippen LogP contribution is -2.36. The highest BCUT2D eigenvalue weighted by Crippen LogP contribution is 2.12. The SMILES string of the molecule is CCN(CC)C(=O)C(C#N)Cc1ccc(C#N)cc1. The van der Waals surface area contributed by atoms with Crippen LogP contribution < -0.4 is 0 Å². The first-order chi connectivity index (χ1) is 9.15. The van der Waals surface area contributed by atoms with Gasteiger partial charge >= 0.3 is 0 Å². The van der Waals surface area contributed by atoms with Crippen molar-refractivity contribution in [1.29, 1.82) is 10.5 Å². The van der Waals surface area contributed by atoms with Gasteiger partial charge in [-0.15, -0.1) is 0 Å². The lowest BCUT2D eigenvalue weighted by molar-refractivity contribution is -0.133. The van der Waals surface area contributed by atoms with Gasteiger partial charge in [0, 0.05) is 13.1 Å². The lowest BCUT2D eigenvalue weighted by atomic mass is 9.98. The third-order valence-electron chi connectivity index (χ3n) is 3.05. The maximum absolute atomic E-state index is 12.1. The molecule has 0 saturated heterocycles. The van der Waals surface area contributed by atoms with Gasteiger partial charge in [-0.05, 0) is 38.0 Å². The van der Waals surface area contributed by atoms with Crippen molar-refractivity contribution in [3.05, 3.63) is 35.4 Å². The van der Waals surface area contributed by atoms with Crippen molar-refractivity contribution in [2.24, 2.45) is 5.92 Å². The highest BCUT2D eigenvalue weighted by molar-refractivity contribution is 5.81. The van der Waals surface area contributed by atoms with E-state index in [1.165, 1.54) is 0 Å². The molecule has 0 fully saturated rings. The van der Waals surface area contributed by atoms with Crippen molar-refractivity contribution in [1.82, 2.24) is 4.90 Å². The Morgan fingerprint density at radius 3 is 2.21 bits per heavy atom. The Labute approximate surface area is 113 Å². The third-order valence-corrected chi connectivity index (χ3v) is 3.05. The van der Waals surface area contributed by atoms with Crippen LogP contribution >= 0.6 is 0 Å². The molecular weight excluding hydrogens is 238 g/mol. The summed E-state index contributed by atoms with van der Waals surface area (Å²) in [6.45, 7) is 5.02. The number of rotatable bonds is 5. The topological polar surface area (TPSA) is 67.9 Å². The molecule has 1 rings (SSSR count). The molecule has 0 aliphatic rings. The molecule has 19 heavy (non-hydrogen) atoms. The quantitative estimate of drug-likeness (QED) is 0.809. The summed E-state index contributed by atoms with van der Waals surface area (Å²) in [5.74, 6) is -0.787. The van der Waals surface area contributed by atoms with Gasteiger partial charge in [-0.1, -0.05) is 12.1 Å². The summed E-state index contributed by atoms with van der Waals surface area (Å²) in [5, 5.41) is 17.9. The smallest absolute Gasteiger partial charge is 0.240 e. The molecule has 1 aromatic carbocycles.